The van der Waals surface area contributed by atoms with Gasteiger partial charge < -0.3 is 48.7 Å². The van der Waals surface area contributed by atoms with E-state index in [1.165, 1.54) is 21.1 Å². The van der Waals surface area contributed by atoms with E-state index in [2.05, 4.69) is 5.32 Å². The molecule has 1 amide bonds. The maximum absolute atomic E-state index is 15.5. The highest BCUT2D eigenvalue weighted by molar-refractivity contribution is 5.94. The Morgan fingerprint density at radius 1 is 0.933 bits per heavy atom. The second kappa shape index (κ2) is 16.3. The molecule has 0 aromatic heterocycles. The maximum Gasteiger partial charge on any atom is 0.408 e. The molecule has 1 saturated heterocycles. The topological polar surface area (TPSA) is 202 Å². The van der Waals surface area contributed by atoms with Gasteiger partial charge in [-0.25, -0.2) is 14.4 Å². The number of alkyl carbamates (subject to hydrolysis) is 1. The van der Waals surface area contributed by atoms with E-state index in [1.54, 1.807) is 109 Å². The molecule has 11 atom stereocenters. The van der Waals surface area contributed by atoms with Crippen LogP contribution in [-0.4, -0.2) is 114 Å². The molecule has 3 unspecified atom stereocenters. The average molecular weight is 836 g/mol. The van der Waals surface area contributed by atoms with E-state index < -0.39 is 112 Å². The van der Waals surface area contributed by atoms with Crippen molar-refractivity contribution < 1.29 is 67.3 Å². The Morgan fingerprint density at radius 3 is 2.08 bits per heavy atom. The number of esters is 3. The first-order chi connectivity index (χ1) is 28.1. The van der Waals surface area contributed by atoms with Crippen LogP contribution in [0.15, 0.2) is 71.8 Å². The fraction of sp³-hybridized carbons (Fsp3) is 0.578. The number of methoxy groups -OCH3 is 2. The van der Waals surface area contributed by atoms with Gasteiger partial charge in [-0.15, -0.1) is 0 Å². The Morgan fingerprint density at radius 2 is 1.55 bits per heavy atom. The largest absolute Gasteiger partial charge is 0.456 e. The summed E-state index contributed by atoms with van der Waals surface area (Å²) < 4.78 is 42.4. The summed E-state index contributed by atoms with van der Waals surface area (Å²) in [6, 6.07) is 15.1. The molecule has 2 aromatic carbocycles. The lowest BCUT2D eigenvalue weighted by molar-refractivity contribution is -0.347. The molecule has 6 rings (SSSR count). The minimum Gasteiger partial charge on any atom is -0.456 e. The standard InChI is InChI=1S/C45H57NO14/c1-24-28(57-39(51)33(48)32(26-17-13-11-14-18-26)46-40(52)60-41(3,4)5)22-45(53)37(58-38(50)27-19-15-12-16-20-27)35-43(8,36(49)34(55-10)31(24)42(45,6)7)29(54-9)21-30-44(35,23-56-30)59-25(2)47/h11-20,28-30,32-35,37,48,53H,21-23H2,1-10H3,(H,46,52)/t28-,29-,30+,32?,33+,34+,35?,37?,43+,44-,45+/m0/s1. The lowest BCUT2D eigenvalue weighted by Crippen LogP contribution is -2.82. The molecular formula is C45H57NO14. The van der Waals surface area contributed by atoms with Crippen molar-refractivity contribution in [2.24, 2.45) is 16.7 Å². The van der Waals surface area contributed by atoms with E-state index in [9.17, 15) is 29.4 Å². The minimum absolute atomic E-state index is 0.121. The molecule has 60 heavy (non-hydrogen) atoms. The van der Waals surface area contributed by atoms with Gasteiger partial charge in [-0.1, -0.05) is 62.4 Å². The number of aliphatic hydroxyl groups is 2. The van der Waals surface area contributed by atoms with Crippen LogP contribution in [0.2, 0.25) is 0 Å². The number of fused-ring (bicyclic) bond motifs is 5. The molecule has 2 saturated carbocycles. The van der Waals surface area contributed by atoms with Crippen molar-refractivity contribution >= 4 is 29.8 Å². The van der Waals surface area contributed by atoms with E-state index in [0.29, 0.717) is 11.1 Å². The predicted molar refractivity (Wildman–Crippen MR) is 213 cm³/mol. The molecule has 3 aliphatic carbocycles. The zero-order valence-corrected chi connectivity index (χ0v) is 35.8. The molecule has 15 nitrogen and oxygen atoms in total. The fourth-order valence-electron chi connectivity index (χ4n) is 10.1. The SMILES string of the molecule is CO[C@H]1C(=O)[C@@]2(C)C(C(OC(=O)c3ccccc3)[C@]3(O)C[C@H](OC(=O)[C@H](O)C(NC(=O)OC(C)(C)C)c4ccccc4)C(C)=C1C3(C)C)[C@]1(OC(C)=O)CO[C@@H]1C[C@@H]2OC. The van der Waals surface area contributed by atoms with Gasteiger partial charge in [0.15, 0.2) is 17.5 Å². The van der Waals surface area contributed by atoms with Gasteiger partial charge in [-0.2, -0.15) is 0 Å². The Kier molecular flexibility index (Phi) is 12.2. The minimum atomic E-state index is -2.22. The third-order valence-electron chi connectivity index (χ3n) is 13.0. The summed E-state index contributed by atoms with van der Waals surface area (Å²) in [5, 5.41) is 28.0. The number of carbonyl (C=O) groups is 5. The summed E-state index contributed by atoms with van der Waals surface area (Å²) in [5.41, 5.74) is -6.72. The molecule has 15 heteroatoms. The molecule has 0 radical (unpaired) electrons. The maximum atomic E-state index is 15.5. The van der Waals surface area contributed by atoms with E-state index in [0.717, 1.165) is 0 Å². The number of ketones is 1. The van der Waals surface area contributed by atoms with Crippen molar-refractivity contribution in [2.75, 3.05) is 20.8 Å². The van der Waals surface area contributed by atoms with Crippen molar-refractivity contribution in [3.8, 4) is 0 Å². The van der Waals surface area contributed by atoms with Crippen LogP contribution in [0.1, 0.15) is 90.2 Å². The van der Waals surface area contributed by atoms with Crippen LogP contribution in [0.25, 0.3) is 0 Å². The van der Waals surface area contributed by atoms with Crippen LogP contribution in [0.5, 0.6) is 0 Å². The van der Waals surface area contributed by atoms with E-state index >= 15 is 4.79 Å². The number of ether oxygens (including phenoxy) is 7. The molecule has 0 spiro atoms. The zero-order valence-electron chi connectivity index (χ0n) is 35.8. The fourth-order valence-corrected chi connectivity index (χ4v) is 10.1. The van der Waals surface area contributed by atoms with Crippen LogP contribution in [0.4, 0.5) is 4.79 Å². The lowest BCUT2D eigenvalue weighted by atomic mass is 9.44. The number of carbonyl (C=O) groups excluding carboxylic acids is 5. The second-order valence-electron chi connectivity index (χ2n) is 18.0. The Balaban J connectivity index is 1.52. The number of hydrogen-bond donors (Lipinski definition) is 3. The number of hydrogen-bond acceptors (Lipinski definition) is 14. The average Bonchev–Trinajstić information content (AvgIpc) is 3.18. The van der Waals surface area contributed by atoms with Gasteiger partial charge >= 0.3 is 24.0 Å². The highest BCUT2D eigenvalue weighted by Crippen LogP contribution is 2.64. The molecular weight excluding hydrogens is 778 g/mol. The predicted octanol–water partition coefficient (Wildman–Crippen LogP) is 4.57. The molecule has 3 N–H and O–H groups in total. The van der Waals surface area contributed by atoms with Crippen LogP contribution in [-0.2, 0) is 47.5 Å². The number of Topliss-reactive ketones (excluding diaryl/α,β-unsaturated/α-hetero) is 1. The highest BCUT2D eigenvalue weighted by Gasteiger charge is 2.78. The zero-order chi connectivity index (χ0) is 44.2. The number of rotatable bonds is 10. The molecule has 1 heterocycles. The van der Waals surface area contributed by atoms with Crippen molar-refractivity contribution in [1.29, 1.82) is 0 Å². The molecule has 326 valence electrons. The van der Waals surface area contributed by atoms with Gasteiger partial charge in [-0.3, -0.25) is 9.59 Å². The van der Waals surface area contributed by atoms with Crippen LogP contribution in [0, 0.1) is 16.7 Å². The number of amides is 1. The summed E-state index contributed by atoms with van der Waals surface area (Å²) in [6.45, 7) is 12.7. The highest BCUT2D eigenvalue weighted by atomic mass is 16.6. The first kappa shape index (κ1) is 44.9. The van der Waals surface area contributed by atoms with Crippen LogP contribution in [0.3, 0.4) is 0 Å². The third-order valence-corrected chi connectivity index (χ3v) is 13.0. The normalized spacial score (nSPS) is 33.0. The van der Waals surface area contributed by atoms with Crippen molar-refractivity contribution in [1.82, 2.24) is 5.32 Å². The first-order valence-electron chi connectivity index (χ1n) is 20.1. The van der Waals surface area contributed by atoms with Gasteiger partial charge in [-0.05, 0) is 63.5 Å². The van der Waals surface area contributed by atoms with Gasteiger partial charge in [0.1, 0.15) is 35.6 Å². The summed E-state index contributed by atoms with van der Waals surface area (Å²) >= 11 is 0. The van der Waals surface area contributed by atoms with E-state index in [4.69, 9.17) is 33.2 Å². The summed E-state index contributed by atoms with van der Waals surface area (Å²) in [7, 11) is 2.78. The third kappa shape index (κ3) is 7.52. The molecule has 2 aromatic rings. The summed E-state index contributed by atoms with van der Waals surface area (Å²) in [5.74, 6) is -4.52. The lowest BCUT2D eigenvalue weighted by Gasteiger charge is -2.67. The van der Waals surface area contributed by atoms with Gasteiger partial charge in [0.05, 0.1) is 35.6 Å². The van der Waals surface area contributed by atoms with E-state index in [1.807, 2.05) is 0 Å². The Hall–Kier alpha value is -4.67. The van der Waals surface area contributed by atoms with E-state index in [-0.39, 0.29) is 24.2 Å². The number of aliphatic hydroxyl groups excluding tert-OH is 1. The number of nitrogens with one attached hydrogen (secondary N) is 1. The summed E-state index contributed by atoms with van der Waals surface area (Å²) in [6.07, 6.45) is -9.31. The molecule has 3 fully saturated rings. The van der Waals surface area contributed by atoms with Crippen molar-refractivity contribution in [2.45, 2.75) is 128 Å². The Labute approximate surface area is 350 Å². The first-order valence-corrected chi connectivity index (χ1v) is 20.1. The molecule has 2 bridgehead atoms. The van der Waals surface area contributed by atoms with Gasteiger partial charge in [0.25, 0.3) is 0 Å². The van der Waals surface area contributed by atoms with Crippen LogP contribution < -0.4 is 5.32 Å². The summed E-state index contributed by atoms with van der Waals surface area (Å²) in [4.78, 5) is 70.1. The number of benzene rings is 2. The monoisotopic (exact) mass is 835 g/mol. The van der Waals surface area contributed by atoms with Crippen molar-refractivity contribution in [3.63, 3.8) is 0 Å². The van der Waals surface area contributed by atoms with Gasteiger partial charge in [0, 0.05) is 39.4 Å². The van der Waals surface area contributed by atoms with Crippen molar-refractivity contribution in [3.05, 3.63) is 82.9 Å². The molecule has 1 aliphatic heterocycles. The smallest absolute Gasteiger partial charge is 0.408 e. The second-order valence-corrected chi connectivity index (χ2v) is 18.0. The van der Waals surface area contributed by atoms with Crippen LogP contribution >= 0.6 is 0 Å². The Bertz CT molecular complexity index is 2010. The quantitative estimate of drug-likeness (QED) is 0.171. The van der Waals surface area contributed by atoms with Gasteiger partial charge in [0.2, 0.25) is 0 Å². The molecule has 4 aliphatic rings.